The van der Waals surface area contributed by atoms with Crippen molar-refractivity contribution >= 4 is 6.41 Å². The first-order valence-electron chi connectivity index (χ1n) is 5.43. The lowest BCUT2D eigenvalue weighted by Crippen LogP contribution is -2.29. The molecule has 3 heteroatoms. The van der Waals surface area contributed by atoms with Crippen LogP contribution in [0.15, 0.2) is 18.2 Å². The lowest BCUT2D eigenvalue weighted by Gasteiger charge is -2.19. The molecule has 80 valence electrons. The number of nitrogens with zero attached hydrogens (tertiary/aromatic N) is 2. The number of aromatic nitrogens is 1. The monoisotopic (exact) mass is 204 g/mol. The third-order valence-electron chi connectivity index (χ3n) is 2.95. The molecule has 1 aromatic heterocycles. The molecule has 0 radical (unpaired) electrons. The first-order chi connectivity index (χ1) is 7.29. The van der Waals surface area contributed by atoms with Gasteiger partial charge in [-0.25, -0.2) is 0 Å². The summed E-state index contributed by atoms with van der Waals surface area (Å²) in [4.78, 5) is 17.1. The van der Waals surface area contributed by atoms with E-state index in [1.807, 2.05) is 30.0 Å². The Balaban J connectivity index is 2.05. The molecule has 0 aliphatic carbocycles. The van der Waals surface area contributed by atoms with Crippen molar-refractivity contribution in [2.45, 2.75) is 32.2 Å². The topological polar surface area (TPSA) is 33.2 Å². The van der Waals surface area contributed by atoms with Crippen LogP contribution in [0.3, 0.4) is 0 Å². The molecule has 0 aromatic carbocycles. The standard InChI is InChI=1S/C12H16N2O/c1-10-4-2-5-11(13-10)8-12-6-3-7-14(12)9-15/h2,4-5,9,12H,3,6-8H2,1H3. The minimum Gasteiger partial charge on any atom is -0.342 e. The van der Waals surface area contributed by atoms with Gasteiger partial charge in [0.05, 0.1) is 0 Å². The Hall–Kier alpha value is -1.38. The number of aryl methyl sites for hydroxylation is 1. The summed E-state index contributed by atoms with van der Waals surface area (Å²) in [7, 11) is 0. The van der Waals surface area contributed by atoms with Gasteiger partial charge >= 0.3 is 0 Å². The second-order valence-corrected chi connectivity index (χ2v) is 4.11. The number of likely N-dealkylation sites (tertiary alicyclic amines) is 1. The van der Waals surface area contributed by atoms with Crippen molar-refractivity contribution in [2.75, 3.05) is 6.54 Å². The Morgan fingerprint density at radius 1 is 1.60 bits per heavy atom. The van der Waals surface area contributed by atoms with Crippen LogP contribution in [0.2, 0.25) is 0 Å². The zero-order chi connectivity index (χ0) is 10.7. The molecule has 2 heterocycles. The number of amides is 1. The molecule has 15 heavy (non-hydrogen) atoms. The van der Waals surface area contributed by atoms with Gasteiger partial charge in [-0.3, -0.25) is 9.78 Å². The predicted octanol–water partition coefficient (Wildman–Crippen LogP) is 1.55. The highest BCUT2D eigenvalue weighted by atomic mass is 16.1. The summed E-state index contributed by atoms with van der Waals surface area (Å²) in [5, 5.41) is 0. The fourth-order valence-corrected chi connectivity index (χ4v) is 2.17. The third kappa shape index (κ3) is 2.35. The van der Waals surface area contributed by atoms with E-state index in [2.05, 4.69) is 4.98 Å². The predicted molar refractivity (Wildman–Crippen MR) is 58.5 cm³/mol. The van der Waals surface area contributed by atoms with Crippen LogP contribution in [0.25, 0.3) is 0 Å². The summed E-state index contributed by atoms with van der Waals surface area (Å²) >= 11 is 0. The maximum Gasteiger partial charge on any atom is 0.209 e. The Morgan fingerprint density at radius 2 is 2.47 bits per heavy atom. The van der Waals surface area contributed by atoms with Crippen molar-refractivity contribution in [1.82, 2.24) is 9.88 Å². The molecular weight excluding hydrogens is 188 g/mol. The maximum atomic E-state index is 10.8. The highest BCUT2D eigenvalue weighted by Gasteiger charge is 2.23. The number of carbonyl (C=O) groups is 1. The van der Waals surface area contributed by atoms with Gasteiger partial charge in [0.25, 0.3) is 0 Å². The quantitative estimate of drug-likeness (QED) is 0.700. The van der Waals surface area contributed by atoms with Crippen LogP contribution in [0, 0.1) is 6.92 Å². The number of hydrogen-bond donors (Lipinski definition) is 0. The van der Waals surface area contributed by atoms with Gasteiger partial charge in [-0.05, 0) is 31.9 Å². The van der Waals surface area contributed by atoms with E-state index in [1.165, 1.54) is 0 Å². The average molecular weight is 204 g/mol. The van der Waals surface area contributed by atoms with Crippen molar-refractivity contribution in [2.24, 2.45) is 0 Å². The van der Waals surface area contributed by atoms with Crippen molar-refractivity contribution < 1.29 is 4.79 Å². The minimum atomic E-state index is 0.358. The van der Waals surface area contributed by atoms with Crippen LogP contribution < -0.4 is 0 Å². The zero-order valence-electron chi connectivity index (χ0n) is 9.02. The average Bonchev–Trinajstić information content (AvgIpc) is 2.65. The van der Waals surface area contributed by atoms with Crippen molar-refractivity contribution in [3.05, 3.63) is 29.6 Å². The van der Waals surface area contributed by atoms with Gasteiger partial charge in [-0.15, -0.1) is 0 Å². The summed E-state index contributed by atoms with van der Waals surface area (Å²) in [6, 6.07) is 6.42. The number of rotatable bonds is 3. The molecule has 1 aliphatic rings. The smallest absolute Gasteiger partial charge is 0.209 e. The Kier molecular flexibility index (Phi) is 2.99. The van der Waals surface area contributed by atoms with Gasteiger partial charge in [0.15, 0.2) is 0 Å². The van der Waals surface area contributed by atoms with Gasteiger partial charge in [0.2, 0.25) is 6.41 Å². The SMILES string of the molecule is Cc1cccc(CC2CCCN2C=O)n1. The second-order valence-electron chi connectivity index (χ2n) is 4.11. The fraction of sp³-hybridized carbons (Fsp3) is 0.500. The van der Waals surface area contributed by atoms with Crippen LogP contribution in [-0.2, 0) is 11.2 Å². The van der Waals surface area contributed by atoms with E-state index in [1.54, 1.807) is 0 Å². The first-order valence-corrected chi connectivity index (χ1v) is 5.43. The van der Waals surface area contributed by atoms with E-state index in [-0.39, 0.29) is 0 Å². The summed E-state index contributed by atoms with van der Waals surface area (Å²) in [6.45, 7) is 2.90. The Morgan fingerprint density at radius 3 is 3.20 bits per heavy atom. The van der Waals surface area contributed by atoms with Crippen LogP contribution >= 0.6 is 0 Å². The van der Waals surface area contributed by atoms with Gasteiger partial charge in [-0.1, -0.05) is 6.07 Å². The maximum absolute atomic E-state index is 10.8. The summed E-state index contributed by atoms with van der Waals surface area (Å²) in [5.41, 5.74) is 2.14. The van der Waals surface area contributed by atoms with Crippen molar-refractivity contribution in [3.63, 3.8) is 0 Å². The minimum absolute atomic E-state index is 0.358. The van der Waals surface area contributed by atoms with Gasteiger partial charge in [0.1, 0.15) is 0 Å². The molecule has 1 saturated heterocycles. The van der Waals surface area contributed by atoms with E-state index >= 15 is 0 Å². The summed E-state index contributed by atoms with van der Waals surface area (Å²) in [6.07, 6.45) is 4.08. The summed E-state index contributed by atoms with van der Waals surface area (Å²) in [5.74, 6) is 0. The molecule has 3 nitrogen and oxygen atoms in total. The van der Waals surface area contributed by atoms with Crippen LogP contribution in [-0.4, -0.2) is 28.9 Å². The molecule has 1 aliphatic heterocycles. The highest BCUT2D eigenvalue weighted by molar-refractivity contribution is 5.48. The van der Waals surface area contributed by atoms with E-state index in [0.717, 1.165) is 43.6 Å². The van der Waals surface area contributed by atoms with Crippen LogP contribution in [0.1, 0.15) is 24.2 Å². The van der Waals surface area contributed by atoms with E-state index in [0.29, 0.717) is 6.04 Å². The molecule has 1 fully saturated rings. The van der Waals surface area contributed by atoms with Crippen LogP contribution in [0.4, 0.5) is 0 Å². The first kappa shape index (κ1) is 10.1. The van der Waals surface area contributed by atoms with E-state index in [9.17, 15) is 4.79 Å². The molecule has 0 saturated carbocycles. The molecule has 1 unspecified atom stereocenters. The fourth-order valence-electron chi connectivity index (χ4n) is 2.17. The van der Waals surface area contributed by atoms with Crippen molar-refractivity contribution in [1.29, 1.82) is 0 Å². The van der Waals surface area contributed by atoms with E-state index < -0.39 is 0 Å². The number of hydrogen-bond acceptors (Lipinski definition) is 2. The van der Waals surface area contributed by atoms with Gasteiger partial charge in [-0.2, -0.15) is 0 Å². The van der Waals surface area contributed by atoms with Gasteiger partial charge in [0, 0.05) is 30.4 Å². The van der Waals surface area contributed by atoms with E-state index in [4.69, 9.17) is 0 Å². The molecule has 1 atom stereocenters. The normalized spacial score (nSPS) is 20.6. The third-order valence-corrected chi connectivity index (χ3v) is 2.95. The van der Waals surface area contributed by atoms with Crippen LogP contribution in [0.5, 0.6) is 0 Å². The lowest BCUT2D eigenvalue weighted by molar-refractivity contribution is -0.118. The van der Waals surface area contributed by atoms with Crippen molar-refractivity contribution in [3.8, 4) is 0 Å². The highest BCUT2D eigenvalue weighted by Crippen LogP contribution is 2.18. The lowest BCUT2D eigenvalue weighted by atomic mass is 10.1. The second kappa shape index (κ2) is 4.43. The molecular formula is C12H16N2O. The van der Waals surface area contributed by atoms with Gasteiger partial charge < -0.3 is 4.90 Å². The molecule has 1 aromatic rings. The molecule has 0 bridgehead atoms. The Labute approximate surface area is 90.1 Å². The Bertz CT molecular complexity index is 351. The zero-order valence-corrected chi connectivity index (χ0v) is 9.02. The number of pyridine rings is 1. The molecule has 0 spiro atoms. The summed E-state index contributed by atoms with van der Waals surface area (Å²) < 4.78 is 0. The largest absolute Gasteiger partial charge is 0.342 e. The number of carbonyl (C=O) groups excluding carboxylic acids is 1. The molecule has 2 rings (SSSR count). The molecule has 0 N–H and O–H groups in total. The molecule has 1 amide bonds.